The molecular formula is C24H27N3O6. The zero-order chi connectivity index (χ0) is 23.5. The van der Waals surface area contributed by atoms with Crippen molar-refractivity contribution < 1.29 is 23.7 Å². The Hall–Kier alpha value is -3.72. The summed E-state index contributed by atoms with van der Waals surface area (Å²) in [4.78, 5) is 26.8. The Balaban J connectivity index is 2.15. The fraction of sp³-hybridized carbons (Fsp3) is 0.333. The normalized spacial score (nSPS) is 13.6. The Morgan fingerprint density at radius 3 is 2.06 bits per heavy atom. The number of rotatable bonds is 6. The number of esters is 1. The van der Waals surface area contributed by atoms with Crippen LogP contribution in [0.3, 0.4) is 0 Å². The number of nitrogens with one attached hydrogen (secondary N) is 1. The van der Waals surface area contributed by atoms with Gasteiger partial charge in [-0.15, -0.1) is 0 Å². The van der Waals surface area contributed by atoms with E-state index in [4.69, 9.17) is 18.9 Å². The number of hydrogen-bond acceptors (Lipinski definition) is 8. The molecule has 3 aromatic rings. The molecule has 1 aromatic heterocycles. The van der Waals surface area contributed by atoms with Gasteiger partial charge in [0.05, 0.1) is 28.4 Å². The average molecular weight is 453 g/mol. The van der Waals surface area contributed by atoms with Crippen molar-refractivity contribution in [2.45, 2.75) is 0 Å². The van der Waals surface area contributed by atoms with Gasteiger partial charge in [-0.1, -0.05) is 18.2 Å². The lowest BCUT2D eigenvalue weighted by Gasteiger charge is -2.33. The second kappa shape index (κ2) is 9.41. The first-order valence-electron chi connectivity index (χ1n) is 10.6. The molecule has 9 nitrogen and oxygen atoms in total. The summed E-state index contributed by atoms with van der Waals surface area (Å²) in [6.45, 7) is 2.52. The molecule has 2 heterocycles. The van der Waals surface area contributed by atoms with Crippen LogP contribution in [0.1, 0.15) is 10.5 Å². The number of methoxy groups -OCH3 is 4. The number of carbonyl (C=O) groups excluding carboxylic acids is 1. The second-order valence-electron chi connectivity index (χ2n) is 7.50. The quantitative estimate of drug-likeness (QED) is 0.567. The highest BCUT2D eigenvalue weighted by molar-refractivity contribution is 6.07. The molecule has 0 spiro atoms. The van der Waals surface area contributed by atoms with E-state index in [0.29, 0.717) is 65.3 Å². The molecule has 0 aliphatic carbocycles. The van der Waals surface area contributed by atoms with Crippen molar-refractivity contribution in [2.24, 2.45) is 0 Å². The Labute approximate surface area is 191 Å². The van der Waals surface area contributed by atoms with Crippen molar-refractivity contribution in [1.29, 1.82) is 0 Å². The van der Waals surface area contributed by atoms with E-state index in [1.54, 1.807) is 18.2 Å². The molecule has 0 unspecified atom stereocenters. The van der Waals surface area contributed by atoms with Crippen LogP contribution in [0, 0.1) is 0 Å². The first kappa shape index (κ1) is 22.5. The molecule has 33 heavy (non-hydrogen) atoms. The molecule has 0 saturated carbocycles. The zero-order valence-corrected chi connectivity index (χ0v) is 19.1. The molecule has 0 amide bonds. The Morgan fingerprint density at radius 1 is 0.909 bits per heavy atom. The van der Waals surface area contributed by atoms with E-state index < -0.39 is 5.97 Å². The van der Waals surface area contributed by atoms with E-state index >= 15 is 0 Å². The van der Waals surface area contributed by atoms with E-state index in [2.05, 4.69) is 5.32 Å². The summed E-state index contributed by atoms with van der Waals surface area (Å²) in [7, 11) is 5.90. The van der Waals surface area contributed by atoms with Crippen LogP contribution in [-0.4, -0.2) is 65.3 Å². The molecule has 1 aliphatic rings. The van der Waals surface area contributed by atoms with Crippen LogP contribution < -0.4 is 30.1 Å². The molecule has 1 aliphatic heterocycles. The number of nitrogens with zero attached hydrogens (tertiary/aromatic N) is 2. The van der Waals surface area contributed by atoms with E-state index in [1.807, 2.05) is 23.2 Å². The molecule has 9 heteroatoms. The molecule has 1 N–H and O–H groups in total. The van der Waals surface area contributed by atoms with E-state index in [9.17, 15) is 9.59 Å². The van der Waals surface area contributed by atoms with Gasteiger partial charge in [0.25, 0.3) is 5.56 Å². The predicted molar refractivity (Wildman–Crippen MR) is 125 cm³/mol. The van der Waals surface area contributed by atoms with E-state index in [-0.39, 0.29) is 11.3 Å². The SMILES string of the molecule is COC(=O)c1c(-c2cc(OC)c(OC)c(OC)c2)c2ccccc2c(=O)n1N1CCNCC1. The smallest absolute Gasteiger partial charge is 0.357 e. The molecule has 1 saturated heterocycles. The van der Waals surface area contributed by atoms with Gasteiger partial charge in [0.1, 0.15) is 0 Å². The van der Waals surface area contributed by atoms with Gasteiger partial charge in [0.2, 0.25) is 5.75 Å². The highest BCUT2D eigenvalue weighted by Gasteiger charge is 2.28. The van der Waals surface area contributed by atoms with Crippen molar-refractivity contribution >= 4 is 16.7 Å². The van der Waals surface area contributed by atoms with Gasteiger partial charge in [-0.25, -0.2) is 9.47 Å². The first-order chi connectivity index (χ1) is 16.0. The highest BCUT2D eigenvalue weighted by atomic mass is 16.5. The lowest BCUT2D eigenvalue weighted by molar-refractivity contribution is 0.0587. The number of pyridine rings is 1. The van der Waals surface area contributed by atoms with Crippen LogP contribution in [0.25, 0.3) is 21.9 Å². The number of carbonyl (C=O) groups is 1. The van der Waals surface area contributed by atoms with Crippen LogP contribution in [0.5, 0.6) is 17.2 Å². The van der Waals surface area contributed by atoms with Crippen molar-refractivity contribution in [2.75, 3.05) is 59.6 Å². The molecule has 2 aromatic carbocycles. The monoisotopic (exact) mass is 453 g/mol. The minimum Gasteiger partial charge on any atom is -0.493 e. The summed E-state index contributed by atoms with van der Waals surface area (Å²) >= 11 is 0. The largest absolute Gasteiger partial charge is 0.493 e. The van der Waals surface area contributed by atoms with Crippen LogP contribution in [0.2, 0.25) is 0 Å². The third-order valence-corrected chi connectivity index (χ3v) is 5.78. The van der Waals surface area contributed by atoms with Crippen molar-refractivity contribution in [3.05, 3.63) is 52.4 Å². The third kappa shape index (κ3) is 3.84. The Kier molecular flexibility index (Phi) is 6.41. The molecule has 0 atom stereocenters. The minimum absolute atomic E-state index is 0.150. The average Bonchev–Trinajstić information content (AvgIpc) is 2.87. The van der Waals surface area contributed by atoms with Crippen molar-refractivity contribution in [3.63, 3.8) is 0 Å². The summed E-state index contributed by atoms with van der Waals surface area (Å²) in [5.74, 6) is 0.696. The maximum absolute atomic E-state index is 13.6. The predicted octanol–water partition coefficient (Wildman–Crippen LogP) is 2.02. The number of ether oxygens (including phenoxy) is 4. The van der Waals surface area contributed by atoms with Gasteiger partial charge < -0.3 is 29.3 Å². The Morgan fingerprint density at radius 2 is 1.52 bits per heavy atom. The van der Waals surface area contributed by atoms with Gasteiger partial charge in [-0.2, -0.15) is 0 Å². The minimum atomic E-state index is -0.611. The standard InChI is InChI=1S/C24H27N3O6/c1-30-18-13-15(14-19(31-2)22(18)32-3)20-16-7-5-6-8-17(16)23(28)27(21(20)24(29)33-4)26-11-9-25-10-12-26/h5-8,13-14,25H,9-12H2,1-4H3. The molecule has 1 fully saturated rings. The van der Waals surface area contributed by atoms with Gasteiger partial charge in [-0.3, -0.25) is 4.79 Å². The molecular weight excluding hydrogens is 426 g/mol. The van der Waals surface area contributed by atoms with Crippen LogP contribution in [-0.2, 0) is 4.74 Å². The number of fused-ring (bicyclic) bond motifs is 1. The summed E-state index contributed by atoms with van der Waals surface area (Å²) in [6.07, 6.45) is 0. The van der Waals surface area contributed by atoms with Gasteiger partial charge in [-0.05, 0) is 29.1 Å². The second-order valence-corrected chi connectivity index (χ2v) is 7.50. The number of benzene rings is 2. The van der Waals surface area contributed by atoms with Crippen molar-refractivity contribution in [1.82, 2.24) is 9.99 Å². The number of aromatic nitrogens is 1. The number of piperazine rings is 1. The fourth-order valence-corrected chi connectivity index (χ4v) is 4.26. The van der Waals surface area contributed by atoms with E-state index in [0.717, 1.165) is 0 Å². The maximum Gasteiger partial charge on any atom is 0.357 e. The van der Waals surface area contributed by atoms with Gasteiger partial charge in [0.15, 0.2) is 17.2 Å². The fourth-order valence-electron chi connectivity index (χ4n) is 4.26. The summed E-state index contributed by atoms with van der Waals surface area (Å²) in [5, 5.41) is 6.27. The van der Waals surface area contributed by atoms with Crippen LogP contribution >= 0.6 is 0 Å². The maximum atomic E-state index is 13.6. The van der Waals surface area contributed by atoms with Gasteiger partial charge >= 0.3 is 5.97 Å². The van der Waals surface area contributed by atoms with Crippen LogP contribution in [0.15, 0.2) is 41.2 Å². The summed E-state index contributed by atoms with van der Waals surface area (Å²) < 4.78 is 23.2. The molecule has 174 valence electrons. The summed E-state index contributed by atoms with van der Waals surface area (Å²) in [6, 6.07) is 10.8. The van der Waals surface area contributed by atoms with Crippen molar-refractivity contribution in [3.8, 4) is 28.4 Å². The van der Waals surface area contributed by atoms with Crippen LogP contribution in [0.4, 0.5) is 0 Å². The Bertz CT molecular complexity index is 1220. The molecule has 0 bridgehead atoms. The zero-order valence-electron chi connectivity index (χ0n) is 19.1. The lowest BCUT2D eigenvalue weighted by atomic mass is 9.96. The topological polar surface area (TPSA) is 91.3 Å². The first-order valence-corrected chi connectivity index (χ1v) is 10.6. The molecule has 4 rings (SSSR count). The highest BCUT2D eigenvalue weighted by Crippen LogP contribution is 2.43. The molecule has 0 radical (unpaired) electrons. The van der Waals surface area contributed by atoms with E-state index in [1.165, 1.54) is 33.1 Å². The summed E-state index contributed by atoms with van der Waals surface area (Å²) in [5.41, 5.74) is 1.06. The third-order valence-electron chi connectivity index (χ3n) is 5.78. The number of hydrogen-bond donors (Lipinski definition) is 1. The van der Waals surface area contributed by atoms with Gasteiger partial charge in [0, 0.05) is 37.1 Å². The lowest BCUT2D eigenvalue weighted by Crippen LogP contribution is -2.54.